The van der Waals surface area contributed by atoms with Crippen LogP contribution in [0.4, 0.5) is 5.69 Å². The molecule has 6 nitrogen and oxygen atoms in total. The van der Waals surface area contributed by atoms with Gasteiger partial charge in [0, 0.05) is 17.6 Å². The van der Waals surface area contributed by atoms with E-state index in [2.05, 4.69) is 33.0 Å². The smallest absolute Gasteiger partial charge is 0.241 e. The lowest BCUT2D eigenvalue weighted by Gasteiger charge is -2.10. The number of hydrogen-bond donors (Lipinski definition) is 2. The van der Waals surface area contributed by atoms with E-state index in [1.807, 2.05) is 13.1 Å². The first-order chi connectivity index (χ1) is 10.1. The molecule has 7 heteroatoms. The quantitative estimate of drug-likeness (QED) is 0.857. The van der Waals surface area contributed by atoms with E-state index in [9.17, 15) is 4.79 Å². The van der Waals surface area contributed by atoms with Crippen LogP contribution in [0.3, 0.4) is 0 Å². The van der Waals surface area contributed by atoms with E-state index < -0.39 is 0 Å². The van der Waals surface area contributed by atoms with Crippen LogP contribution in [0, 0.1) is 6.92 Å². The van der Waals surface area contributed by atoms with Gasteiger partial charge in [0.15, 0.2) is 0 Å². The number of thiazole rings is 1. The van der Waals surface area contributed by atoms with Crippen LogP contribution in [0.2, 0.25) is 0 Å². The van der Waals surface area contributed by atoms with E-state index in [0.29, 0.717) is 6.04 Å². The maximum Gasteiger partial charge on any atom is 0.241 e. The first-order valence-corrected chi connectivity index (χ1v) is 7.98. The van der Waals surface area contributed by atoms with Crippen LogP contribution in [-0.2, 0) is 11.3 Å². The minimum absolute atomic E-state index is 0.0234. The molecule has 1 aliphatic rings. The van der Waals surface area contributed by atoms with Gasteiger partial charge in [0.25, 0.3) is 0 Å². The summed E-state index contributed by atoms with van der Waals surface area (Å²) in [6.07, 6.45) is 5.78. The van der Waals surface area contributed by atoms with Crippen molar-refractivity contribution < 1.29 is 4.79 Å². The van der Waals surface area contributed by atoms with Gasteiger partial charge in [-0.05, 0) is 26.7 Å². The van der Waals surface area contributed by atoms with Gasteiger partial charge < -0.3 is 10.6 Å². The summed E-state index contributed by atoms with van der Waals surface area (Å²) >= 11 is 1.64. The first-order valence-electron chi connectivity index (χ1n) is 7.10. The third-order valence-corrected chi connectivity index (χ3v) is 4.14. The Hall–Kier alpha value is -1.89. The Labute approximate surface area is 127 Å². The highest BCUT2D eigenvalue weighted by Crippen LogP contribution is 2.21. The van der Waals surface area contributed by atoms with Gasteiger partial charge in [-0.3, -0.25) is 9.48 Å². The third-order valence-electron chi connectivity index (χ3n) is 3.34. The van der Waals surface area contributed by atoms with Crippen molar-refractivity contribution >= 4 is 22.9 Å². The summed E-state index contributed by atoms with van der Waals surface area (Å²) in [5.41, 5.74) is 1.92. The van der Waals surface area contributed by atoms with Gasteiger partial charge in [0.2, 0.25) is 5.91 Å². The topological polar surface area (TPSA) is 71.8 Å². The number of carbonyl (C=O) groups is 1. The average molecular weight is 305 g/mol. The molecule has 0 saturated heterocycles. The molecule has 1 aliphatic carbocycles. The Morgan fingerprint density at radius 3 is 3.05 bits per heavy atom. The van der Waals surface area contributed by atoms with Crippen LogP contribution in [0.5, 0.6) is 0 Å². The minimum atomic E-state index is 0.0234. The largest absolute Gasteiger partial charge is 0.374 e. The maximum absolute atomic E-state index is 11.7. The van der Waals surface area contributed by atoms with Crippen LogP contribution in [0.25, 0.3) is 0 Å². The highest BCUT2D eigenvalue weighted by molar-refractivity contribution is 7.09. The van der Waals surface area contributed by atoms with E-state index in [1.165, 1.54) is 0 Å². The van der Waals surface area contributed by atoms with Crippen LogP contribution >= 0.6 is 11.3 Å². The van der Waals surface area contributed by atoms with Crippen molar-refractivity contribution in [2.75, 3.05) is 5.32 Å². The Balaban J connectivity index is 1.55. The van der Waals surface area contributed by atoms with Crippen molar-refractivity contribution in [1.29, 1.82) is 0 Å². The zero-order valence-electron chi connectivity index (χ0n) is 12.2. The number of amides is 1. The molecule has 1 atom stereocenters. The van der Waals surface area contributed by atoms with E-state index in [0.717, 1.165) is 29.2 Å². The fourth-order valence-corrected chi connectivity index (χ4v) is 2.78. The molecule has 0 aliphatic heterocycles. The summed E-state index contributed by atoms with van der Waals surface area (Å²) in [7, 11) is 0. The summed E-state index contributed by atoms with van der Waals surface area (Å²) < 4.78 is 1.65. The molecule has 2 aromatic rings. The van der Waals surface area contributed by atoms with Gasteiger partial charge >= 0.3 is 0 Å². The molecule has 0 bridgehead atoms. The maximum atomic E-state index is 11.7. The van der Waals surface area contributed by atoms with Crippen molar-refractivity contribution in [1.82, 2.24) is 20.1 Å². The standard InChI is InChI=1S/C14H19N5OS/c1-9(13-8-21-10(2)17-13)16-12-5-15-19(6-12)7-14(20)18-11-3-4-11/h5-6,8-9,11,16H,3-4,7H2,1-2H3,(H,18,20). The Kier molecular flexibility index (Phi) is 3.92. The van der Waals surface area contributed by atoms with Crippen LogP contribution in [0.1, 0.15) is 36.5 Å². The molecular formula is C14H19N5OS. The number of carbonyl (C=O) groups excluding carboxylic acids is 1. The Bertz CT molecular complexity index is 631. The van der Waals surface area contributed by atoms with Crippen LogP contribution < -0.4 is 10.6 Å². The monoisotopic (exact) mass is 305 g/mol. The summed E-state index contributed by atoms with van der Waals surface area (Å²) in [6, 6.07) is 0.506. The molecular weight excluding hydrogens is 286 g/mol. The predicted octanol–water partition coefficient (Wildman–Crippen LogP) is 2.10. The number of nitrogens with one attached hydrogen (secondary N) is 2. The van der Waals surface area contributed by atoms with Gasteiger partial charge in [-0.15, -0.1) is 11.3 Å². The number of aryl methyl sites for hydroxylation is 1. The fraction of sp³-hybridized carbons (Fsp3) is 0.500. The molecule has 0 aromatic carbocycles. The molecule has 2 N–H and O–H groups in total. The molecule has 1 fully saturated rings. The SMILES string of the molecule is Cc1nc(C(C)Nc2cnn(CC(=O)NC3CC3)c2)cs1. The van der Waals surface area contributed by atoms with Crippen LogP contribution in [0.15, 0.2) is 17.8 Å². The zero-order chi connectivity index (χ0) is 14.8. The summed E-state index contributed by atoms with van der Waals surface area (Å²) in [5.74, 6) is 0.0234. The summed E-state index contributed by atoms with van der Waals surface area (Å²) in [5, 5.41) is 13.6. The molecule has 21 heavy (non-hydrogen) atoms. The lowest BCUT2D eigenvalue weighted by atomic mass is 10.2. The molecule has 2 heterocycles. The second-order valence-corrected chi connectivity index (χ2v) is 6.49. The number of hydrogen-bond acceptors (Lipinski definition) is 5. The molecule has 112 valence electrons. The molecule has 1 unspecified atom stereocenters. The van der Waals surface area contributed by atoms with Crippen molar-refractivity contribution in [3.8, 4) is 0 Å². The lowest BCUT2D eigenvalue weighted by molar-refractivity contribution is -0.122. The molecule has 0 spiro atoms. The van der Waals surface area contributed by atoms with E-state index >= 15 is 0 Å². The van der Waals surface area contributed by atoms with Gasteiger partial charge in [0.05, 0.1) is 28.6 Å². The van der Waals surface area contributed by atoms with Gasteiger partial charge in [0.1, 0.15) is 6.54 Å². The highest BCUT2D eigenvalue weighted by Gasteiger charge is 2.23. The summed E-state index contributed by atoms with van der Waals surface area (Å²) in [4.78, 5) is 16.2. The highest BCUT2D eigenvalue weighted by atomic mass is 32.1. The number of aromatic nitrogens is 3. The number of rotatable bonds is 6. The van der Waals surface area contributed by atoms with Crippen molar-refractivity contribution in [3.63, 3.8) is 0 Å². The average Bonchev–Trinajstić information content (AvgIpc) is 2.95. The van der Waals surface area contributed by atoms with Gasteiger partial charge in [-0.2, -0.15) is 5.10 Å². The molecule has 3 rings (SSSR count). The number of anilines is 1. The van der Waals surface area contributed by atoms with E-state index in [4.69, 9.17) is 0 Å². The number of nitrogens with zero attached hydrogens (tertiary/aromatic N) is 3. The van der Waals surface area contributed by atoms with Gasteiger partial charge in [-0.1, -0.05) is 0 Å². The van der Waals surface area contributed by atoms with E-state index in [1.54, 1.807) is 22.2 Å². The summed E-state index contributed by atoms with van der Waals surface area (Å²) in [6.45, 7) is 4.32. The molecule has 0 radical (unpaired) electrons. The predicted molar refractivity (Wildman–Crippen MR) is 82.3 cm³/mol. The van der Waals surface area contributed by atoms with Crippen molar-refractivity contribution in [2.45, 2.75) is 45.3 Å². The van der Waals surface area contributed by atoms with Crippen molar-refractivity contribution in [3.05, 3.63) is 28.5 Å². The van der Waals surface area contributed by atoms with Crippen molar-refractivity contribution in [2.24, 2.45) is 0 Å². The Morgan fingerprint density at radius 1 is 1.57 bits per heavy atom. The second-order valence-electron chi connectivity index (χ2n) is 5.43. The fourth-order valence-electron chi connectivity index (χ4n) is 2.08. The zero-order valence-corrected chi connectivity index (χ0v) is 13.0. The van der Waals surface area contributed by atoms with E-state index in [-0.39, 0.29) is 18.5 Å². The second kappa shape index (κ2) is 5.85. The first kappa shape index (κ1) is 14.1. The van der Waals surface area contributed by atoms with Crippen LogP contribution in [-0.4, -0.2) is 26.7 Å². The minimum Gasteiger partial charge on any atom is -0.374 e. The molecule has 1 saturated carbocycles. The lowest BCUT2D eigenvalue weighted by Crippen LogP contribution is -2.29. The third kappa shape index (κ3) is 3.81. The Morgan fingerprint density at radius 2 is 2.38 bits per heavy atom. The molecule has 2 aromatic heterocycles. The normalized spacial score (nSPS) is 15.7. The van der Waals surface area contributed by atoms with Gasteiger partial charge in [-0.25, -0.2) is 4.98 Å². The molecule has 1 amide bonds.